The summed E-state index contributed by atoms with van der Waals surface area (Å²) in [5.74, 6) is -0.0210. The van der Waals surface area contributed by atoms with Crippen LogP contribution in [0.15, 0.2) is 24.3 Å². The molecule has 0 fully saturated rings. The van der Waals surface area contributed by atoms with Gasteiger partial charge < -0.3 is 9.64 Å². The summed E-state index contributed by atoms with van der Waals surface area (Å²) in [5, 5.41) is 0.997. The molecular weight excluding hydrogens is 264 g/mol. The van der Waals surface area contributed by atoms with Gasteiger partial charge >= 0.3 is 0 Å². The molecule has 0 aliphatic carbocycles. The Labute approximate surface area is 125 Å². The zero-order valence-corrected chi connectivity index (χ0v) is 13.3. The van der Waals surface area contributed by atoms with Crippen molar-refractivity contribution in [1.29, 1.82) is 0 Å². The van der Waals surface area contributed by atoms with Crippen molar-refractivity contribution < 1.29 is 9.53 Å². The number of hydrogen-bond donors (Lipinski definition) is 0. The lowest BCUT2D eigenvalue weighted by Crippen LogP contribution is -2.34. The van der Waals surface area contributed by atoms with Crippen LogP contribution in [0.5, 0.6) is 0 Å². The minimum Gasteiger partial charge on any atom is -0.380 e. The molecule has 0 spiro atoms. The topological polar surface area (TPSA) is 42.4 Å². The molecule has 1 amide bonds. The maximum Gasteiger partial charge on any atom is 0.255 e. The van der Waals surface area contributed by atoms with Crippen LogP contribution in [0.2, 0.25) is 0 Å². The molecule has 4 nitrogen and oxygen atoms in total. The molecule has 1 heterocycles. The average Bonchev–Trinajstić information content (AvgIpc) is 2.46. The molecule has 0 saturated heterocycles. The maximum atomic E-state index is 12.6. The Hall–Kier alpha value is -1.94. The van der Waals surface area contributed by atoms with Gasteiger partial charge in [0.2, 0.25) is 0 Å². The first-order valence-electron chi connectivity index (χ1n) is 7.08. The summed E-state index contributed by atoms with van der Waals surface area (Å²) in [6.07, 6.45) is 0.00918. The number of carbonyl (C=O) groups is 1. The fourth-order valence-corrected chi connectivity index (χ4v) is 2.36. The van der Waals surface area contributed by atoms with E-state index in [-0.39, 0.29) is 12.0 Å². The van der Waals surface area contributed by atoms with Gasteiger partial charge in [-0.2, -0.15) is 0 Å². The number of benzene rings is 1. The number of aryl methyl sites for hydroxylation is 2. The zero-order chi connectivity index (χ0) is 15.6. The van der Waals surface area contributed by atoms with E-state index in [9.17, 15) is 4.79 Å². The van der Waals surface area contributed by atoms with Crippen LogP contribution in [0, 0.1) is 13.8 Å². The average molecular weight is 286 g/mol. The molecule has 0 bridgehead atoms. The van der Waals surface area contributed by atoms with E-state index in [0.29, 0.717) is 12.1 Å². The summed E-state index contributed by atoms with van der Waals surface area (Å²) < 4.78 is 5.21. The molecule has 0 aliphatic heterocycles. The fourth-order valence-electron chi connectivity index (χ4n) is 2.36. The predicted molar refractivity (Wildman–Crippen MR) is 84.6 cm³/mol. The van der Waals surface area contributed by atoms with Gasteiger partial charge in [-0.15, -0.1) is 0 Å². The smallest absolute Gasteiger partial charge is 0.255 e. The lowest BCUT2D eigenvalue weighted by atomic mass is 10.1. The Morgan fingerprint density at radius 3 is 2.71 bits per heavy atom. The van der Waals surface area contributed by atoms with E-state index >= 15 is 0 Å². The summed E-state index contributed by atoms with van der Waals surface area (Å²) in [5.41, 5.74) is 3.49. The minimum atomic E-state index is -0.0210. The number of methoxy groups -OCH3 is 1. The summed E-state index contributed by atoms with van der Waals surface area (Å²) >= 11 is 0. The third-order valence-corrected chi connectivity index (χ3v) is 3.67. The van der Waals surface area contributed by atoms with Crippen molar-refractivity contribution in [2.45, 2.75) is 26.9 Å². The lowest BCUT2D eigenvalue weighted by Gasteiger charge is -2.21. The number of pyridine rings is 1. The van der Waals surface area contributed by atoms with Crippen molar-refractivity contribution in [1.82, 2.24) is 9.88 Å². The zero-order valence-electron chi connectivity index (χ0n) is 13.3. The van der Waals surface area contributed by atoms with E-state index in [1.807, 2.05) is 39.0 Å². The van der Waals surface area contributed by atoms with E-state index in [2.05, 4.69) is 11.1 Å². The Morgan fingerprint density at radius 1 is 1.33 bits per heavy atom. The van der Waals surface area contributed by atoms with Gasteiger partial charge in [-0.05, 0) is 39.0 Å². The van der Waals surface area contributed by atoms with Gasteiger partial charge in [0.1, 0.15) is 0 Å². The highest BCUT2D eigenvalue weighted by molar-refractivity contribution is 5.98. The van der Waals surface area contributed by atoms with Gasteiger partial charge in [0.25, 0.3) is 5.91 Å². The van der Waals surface area contributed by atoms with Gasteiger partial charge in [0, 0.05) is 26.1 Å². The van der Waals surface area contributed by atoms with E-state index < -0.39 is 0 Å². The minimum absolute atomic E-state index is 0.00918. The van der Waals surface area contributed by atoms with Crippen molar-refractivity contribution in [2.75, 3.05) is 20.7 Å². The number of hydrogen-bond acceptors (Lipinski definition) is 3. The molecule has 21 heavy (non-hydrogen) atoms. The Bertz CT molecular complexity index is 667. The number of amides is 1. The monoisotopic (exact) mass is 286 g/mol. The summed E-state index contributed by atoms with van der Waals surface area (Å²) in [6, 6.07) is 8.00. The third-order valence-electron chi connectivity index (χ3n) is 3.67. The van der Waals surface area contributed by atoms with Gasteiger partial charge in [-0.3, -0.25) is 9.78 Å². The van der Waals surface area contributed by atoms with Crippen molar-refractivity contribution in [2.24, 2.45) is 0 Å². The lowest BCUT2D eigenvalue weighted by molar-refractivity contribution is 0.0599. The number of carbonyl (C=O) groups excluding carboxylic acids is 1. The molecule has 1 aromatic carbocycles. The second-order valence-electron chi connectivity index (χ2n) is 5.55. The number of likely N-dealkylation sites (N-methyl/N-ethyl adjacent to an activating group) is 1. The molecule has 4 heteroatoms. The van der Waals surface area contributed by atoms with E-state index in [4.69, 9.17) is 4.74 Å². The SMILES string of the molecule is CO[C@@H](C)CN(C)C(=O)c1cc2cc(C)ccc2nc1C. The quantitative estimate of drug-likeness (QED) is 0.868. The summed E-state index contributed by atoms with van der Waals surface area (Å²) in [7, 11) is 3.44. The molecule has 0 aliphatic rings. The molecule has 0 radical (unpaired) electrons. The molecule has 2 rings (SSSR count). The summed E-state index contributed by atoms with van der Waals surface area (Å²) in [6.45, 7) is 6.41. The number of ether oxygens (including phenoxy) is 1. The van der Waals surface area contributed by atoms with Crippen molar-refractivity contribution in [3.05, 3.63) is 41.1 Å². The predicted octanol–water partition coefficient (Wildman–Crippen LogP) is 2.96. The van der Waals surface area contributed by atoms with Crippen LogP contribution in [0.1, 0.15) is 28.5 Å². The van der Waals surface area contributed by atoms with Gasteiger partial charge in [-0.1, -0.05) is 11.6 Å². The van der Waals surface area contributed by atoms with Gasteiger partial charge in [-0.25, -0.2) is 0 Å². The number of aromatic nitrogens is 1. The molecule has 0 N–H and O–H groups in total. The number of nitrogens with zero attached hydrogens (tertiary/aromatic N) is 2. The van der Waals surface area contributed by atoms with Crippen LogP contribution in [0.4, 0.5) is 0 Å². The van der Waals surface area contributed by atoms with E-state index in [1.165, 1.54) is 0 Å². The van der Waals surface area contributed by atoms with E-state index in [0.717, 1.165) is 22.2 Å². The Kier molecular flexibility index (Phi) is 4.58. The first-order valence-corrected chi connectivity index (χ1v) is 7.08. The number of rotatable bonds is 4. The first-order chi connectivity index (χ1) is 9.92. The third kappa shape index (κ3) is 3.39. The van der Waals surface area contributed by atoms with Crippen LogP contribution < -0.4 is 0 Å². The molecule has 2 aromatic rings. The van der Waals surface area contributed by atoms with Crippen molar-refractivity contribution >= 4 is 16.8 Å². The van der Waals surface area contributed by atoms with Gasteiger partial charge in [0.15, 0.2) is 0 Å². The molecule has 0 saturated carbocycles. The van der Waals surface area contributed by atoms with Crippen LogP contribution in [-0.4, -0.2) is 42.6 Å². The molecule has 1 atom stereocenters. The van der Waals surface area contributed by atoms with Gasteiger partial charge in [0.05, 0.1) is 22.9 Å². The highest BCUT2D eigenvalue weighted by atomic mass is 16.5. The van der Waals surface area contributed by atoms with Crippen LogP contribution >= 0.6 is 0 Å². The normalized spacial score (nSPS) is 12.4. The summed E-state index contributed by atoms with van der Waals surface area (Å²) in [4.78, 5) is 18.8. The second-order valence-corrected chi connectivity index (χ2v) is 5.55. The highest BCUT2D eigenvalue weighted by Gasteiger charge is 2.17. The van der Waals surface area contributed by atoms with Crippen molar-refractivity contribution in [3.63, 3.8) is 0 Å². The Balaban J connectivity index is 2.36. The largest absolute Gasteiger partial charge is 0.380 e. The second kappa shape index (κ2) is 6.22. The van der Waals surface area contributed by atoms with Crippen molar-refractivity contribution in [3.8, 4) is 0 Å². The standard InChI is InChI=1S/C17H22N2O2/c1-11-6-7-16-14(8-11)9-15(13(3)18-16)17(20)19(4)10-12(2)21-5/h6-9,12H,10H2,1-5H3/t12-/m0/s1. The van der Waals surface area contributed by atoms with Crippen LogP contribution in [-0.2, 0) is 4.74 Å². The van der Waals surface area contributed by atoms with Crippen LogP contribution in [0.25, 0.3) is 10.9 Å². The molecule has 0 unspecified atom stereocenters. The van der Waals surface area contributed by atoms with Crippen LogP contribution in [0.3, 0.4) is 0 Å². The highest BCUT2D eigenvalue weighted by Crippen LogP contribution is 2.19. The Morgan fingerprint density at radius 2 is 2.05 bits per heavy atom. The maximum absolute atomic E-state index is 12.6. The fraction of sp³-hybridized carbons (Fsp3) is 0.412. The van der Waals surface area contributed by atoms with E-state index in [1.54, 1.807) is 19.1 Å². The molecule has 1 aromatic heterocycles. The molecular formula is C17H22N2O2. The first kappa shape index (κ1) is 15.4. The number of fused-ring (bicyclic) bond motifs is 1. The molecule has 112 valence electrons.